The van der Waals surface area contributed by atoms with Crippen molar-refractivity contribution in [1.29, 1.82) is 0 Å². The first kappa shape index (κ1) is 25.1. The van der Waals surface area contributed by atoms with Crippen LogP contribution in [0.4, 0.5) is 5.69 Å². The Kier molecular flexibility index (Phi) is 8.24. The van der Waals surface area contributed by atoms with Crippen molar-refractivity contribution >= 4 is 23.3 Å². The normalized spacial score (nSPS) is 24.2. The fraction of sp³-hybridized carbons (Fsp3) is 0.516. The second kappa shape index (κ2) is 11.2. The van der Waals surface area contributed by atoms with Crippen LogP contribution in [0.1, 0.15) is 77.2 Å². The van der Waals surface area contributed by atoms with Crippen molar-refractivity contribution in [2.45, 2.75) is 71.6 Å². The lowest BCUT2D eigenvalue weighted by molar-refractivity contribution is 0.443. The third-order valence-electron chi connectivity index (χ3n) is 7.92. The molecule has 1 saturated heterocycles. The first-order valence-corrected chi connectivity index (χ1v) is 14.3. The van der Waals surface area contributed by atoms with Crippen LogP contribution in [0.25, 0.3) is 0 Å². The van der Waals surface area contributed by atoms with E-state index in [9.17, 15) is 0 Å². The van der Waals surface area contributed by atoms with Crippen LogP contribution >= 0.6 is 11.8 Å². The molecule has 0 bridgehead atoms. The number of aliphatic imine (C=N–C) groups is 1. The Morgan fingerprint density at radius 1 is 1.06 bits per heavy atom. The van der Waals surface area contributed by atoms with E-state index < -0.39 is 0 Å². The Hall–Kier alpha value is -2.00. The molecule has 0 radical (unpaired) electrons. The summed E-state index contributed by atoms with van der Waals surface area (Å²) in [6, 6.07) is 9.00. The minimum Gasteiger partial charge on any atom is -0.344 e. The van der Waals surface area contributed by atoms with E-state index in [4.69, 9.17) is 4.99 Å². The maximum absolute atomic E-state index is 5.20. The van der Waals surface area contributed by atoms with Crippen molar-refractivity contribution in [3.8, 4) is 0 Å². The van der Waals surface area contributed by atoms with Crippen LogP contribution in [-0.4, -0.2) is 17.3 Å². The topological polar surface area (TPSA) is 24.4 Å². The van der Waals surface area contributed by atoms with Gasteiger partial charge in [0.15, 0.2) is 0 Å². The van der Waals surface area contributed by atoms with Gasteiger partial charge in [0.2, 0.25) is 0 Å². The molecule has 34 heavy (non-hydrogen) atoms. The van der Waals surface area contributed by atoms with Gasteiger partial charge in [0.05, 0.1) is 5.69 Å². The van der Waals surface area contributed by atoms with Gasteiger partial charge >= 0.3 is 0 Å². The molecule has 1 N–H and O–H groups in total. The van der Waals surface area contributed by atoms with E-state index in [0.29, 0.717) is 23.7 Å². The molecule has 0 aromatic heterocycles. The van der Waals surface area contributed by atoms with Gasteiger partial charge in [-0.3, -0.25) is 0 Å². The van der Waals surface area contributed by atoms with Gasteiger partial charge in [-0.25, -0.2) is 4.99 Å². The summed E-state index contributed by atoms with van der Waals surface area (Å²) in [6.45, 7) is 19.9. The number of allylic oxidation sites excluding steroid dienone is 4. The zero-order valence-electron chi connectivity index (χ0n) is 21.5. The lowest BCUT2D eigenvalue weighted by Crippen LogP contribution is -2.28. The maximum atomic E-state index is 5.20. The van der Waals surface area contributed by atoms with Gasteiger partial charge in [-0.2, -0.15) is 11.8 Å². The molecular formula is C31H42N2S. The highest BCUT2D eigenvalue weighted by molar-refractivity contribution is 7.99. The SMILES string of the molecule is C=C(C)C1=C(C(=Nc2ccc(C3CCCCC3)cc2)NC(=C)C2CCSC2)CC(C(C)C)C1=C. The van der Waals surface area contributed by atoms with Crippen molar-refractivity contribution < 1.29 is 0 Å². The molecule has 1 aromatic rings. The summed E-state index contributed by atoms with van der Waals surface area (Å²) in [6.07, 6.45) is 8.90. The molecule has 0 spiro atoms. The Morgan fingerprint density at radius 3 is 2.35 bits per heavy atom. The van der Waals surface area contributed by atoms with E-state index in [1.54, 1.807) is 0 Å². The quantitative estimate of drug-likeness (QED) is 0.315. The molecule has 2 fully saturated rings. The van der Waals surface area contributed by atoms with Crippen LogP contribution in [-0.2, 0) is 0 Å². The second-order valence-electron chi connectivity index (χ2n) is 10.8. The molecule has 1 aromatic carbocycles. The number of hydrogen-bond acceptors (Lipinski definition) is 2. The van der Waals surface area contributed by atoms with Crippen LogP contribution in [0.5, 0.6) is 0 Å². The van der Waals surface area contributed by atoms with Crippen LogP contribution in [0.3, 0.4) is 0 Å². The summed E-state index contributed by atoms with van der Waals surface area (Å²) in [5.41, 5.74) is 8.31. The van der Waals surface area contributed by atoms with Crippen LogP contribution in [0.2, 0.25) is 0 Å². The summed E-state index contributed by atoms with van der Waals surface area (Å²) >= 11 is 2.02. The van der Waals surface area contributed by atoms with Gasteiger partial charge in [-0.05, 0) is 85.0 Å². The molecule has 2 unspecified atom stereocenters. The van der Waals surface area contributed by atoms with Crippen molar-refractivity contribution in [2.75, 3.05) is 11.5 Å². The summed E-state index contributed by atoms with van der Waals surface area (Å²) < 4.78 is 0. The predicted octanol–water partition coefficient (Wildman–Crippen LogP) is 8.73. The van der Waals surface area contributed by atoms with E-state index in [1.165, 1.54) is 66.6 Å². The summed E-state index contributed by atoms with van der Waals surface area (Å²) in [5.74, 6) is 5.47. The van der Waals surface area contributed by atoms with E-state index >= 15 is 0 Å². The third kappa shape index (κ3) is 5.62. The minimum absolute atomic E-state index is 0.428. The first-order valence-electron chi connectivity index (χ1n) is 13.2. The lowest BCUT2D eigenvalue weighted by Gasteiger charge is -2.22. The van der Waals surface area contributed by atoms with Crippen molar-refractivity contribution in [1.82, 2.24) is 5.32 Å². The minimum atomic E-state index is 0.428. The van der Waals surface area contributed by atoms with Gasteiger partial charge in [-0.15, -0.1) is 0 Å². The number of hydrogen-bond donors (Lipinski definition) is 1. The average Bonchev–Trinajstić information content (AvgIpc) is 3.48. The lowest BCUT2D eigenvalue weighted by atomic mass is 9.84. The molecule has 4 rings (SSSR count). The Labute approximate surface area is 211 Å². The summed E-state index contributed by atoms with van der Waals surface area (Å²) in [5, 5.41) is 3.69. The van der Waals surface area contributed by atoms with E-state index in [2.05, 4.69) is 70.1 Å². The zero-order chi connectivity index (χ0) is 24.2. The number of rotatable bonds is 7. The molecule has 2 atom stereocenters. The molecule has 2 nitrogen and oxygen atoms in total. The monoisotopic (exact) mass is 474 g/mol. The molecule has 3 aliphatic rings. The molecule has 1 saturated carbocycles. The second-order valence-corrected chi connectivity index (χ2v) is 12.0. The van der Waals surface area contributed by atoms with Gasteiger partial charge in [-0.1, -0.05) is 70.6 Å². The highest BCUT2D eigenvalue weighted by Crippen LogP contribution is 2.43. The molecule has 0 amide bonds. The summed E-state index contributed by atoms with van der Waals surface area (Å²) in [7, 11) is 0. The number of benzene rings is 1. The highest BCUT2D eigenvalue weighted by atomic mass is 32.2. The van der Waals surface area contributed by atoms with Gasteiger partial charge in [0.25, 0.3) is 0 Å². The number of amidine groups is 1. The van der Waals surface area contributed by atoms with Crippen LogP contribution in [0, 0.1) is 17.8 Å². The fourth-order valence-corrected chi connectivity index (χ4v) is 7.10. The highest BCUT2D eigenvalue weighted by Gasteiger charge is 2.33. The number of thioether (sulfide) groups is 1. The largest absolute Gasteiger partial charge is 0.344 e. The smallest absolute Gasteiger partial charge is 0.134 e. The summed E-state index contributed by atoms with van der Waals surface area (Å²) in [4.78, 5) is 5.20. The molecule has 1 heterocycles. The van der Waals surface area contributed by atoms with Crippen LogP contribution in [0.15, 0.2) is 77.0 Å². The number of nitrogens with one attached hydrogen (secondary N) is 1. The predicted molar refractivity (Wildman–Crippen MR) is 151 cm³/mol. The van der Waals surface area contributed by atoms with Crippen molar-refractivity contribution in [3.05, 3.63) is 77.6 Å². The Balaban J connectivity index is 1.67. The first-order chi connectivity index (χ1) is 16.3. The molecule has 3 heteroatoms. The standard InChI is InChI=1S/C31H42N2S/c1-20(2)28-18-29(30(21(3)4)22(28)5)31(32-23(6)26-16-17-34-19-26)33-27-14-12-25(13-15-27)24-10-8-7-9-11-24/h12-15,20,24,26,28H,3,5-11,16-19H2,1-2,4H3,(H,32,33). The van der Waals surface area contributed by atoms with Crippen molar-refractivity contribution in [2.24, 2.45) is 22.7 Å². The van der Waals surface area contributed by atoms with Gasteiger partial charge in [0.1, 0.15) is 5.84 Å². The average molecular weight is 475 g/mol. The zero-order valence-corrected chi connectivity index (χ0v) is 22.3. The van der Waals surface area contributed by atoms with E-state index in [-0.39, 0.29) is 0 Å². The fourth-order valence-electron chi connectivity index (χ4n) is 5.83. The van der Waals surface area contributed by atoms with Gasteiger partial charge in [0, 0.05) is 22.9 Å². The van der Waals surface area contributed by atoms with Crippen molar-refractivity contribution in [3.63, 3.8) is 0 Å². The molecule has 2 aliphatic carbocycles. The van der Waals surface area contributed by atoms with Crippen LogP contribution < -0.4 is 5.32 Å². The number of nitrogens with zero attached hydrogens (tertiary/aromatic N) is 1. The Morgan fingerprint density at radius 2 is 1.76 bits per heavy atom. The molecular weight excluding hydrogens is 432 g/mol. The van der Waals surface area contributed by atoms with Gasteiger partial charge < -0.3 is 5.32 Å². The van der Waals surface area contributed by atoms with E-state index in [1.807, 2.05) is 11.8 Å². The van der Waals surface area contributed by atoms with E-state index in [0.717, 1.165) is 35.0 Å². The Bertz CT molecular complexity index is 983. The molecule has 1 aliphatic heterocycles. The maximum Gasteiger partial charge on any atom is 0.134 e. The third-order valence-corrected chi connectivity index (χ3v) is 9.09. The molecule has 182 valence electrons.